The minimum Gasteiger partial charge on any atom is -0.469 e. The molecule has 136 valence electrons. The van der Waals surface area contributed by atoms with E-state index in [-0.39, 0.29) is 0 Å². The minimum atomic E-state index is -1.68. The van der Waals surface area contributed by atoms with Crippen LogP contribution in [0.1, 0.15) is 27.6 Å². The lowest BCUT2D eigenvalue weighted by Crippen LogP contribution is -2.50. The van der Waals surface area contributed by atoms with E-state index >= 15 is 0 Å². The fourth-order valence-corrected chi connectivity index (χ4v) is 3.59. The summed E-state index contributed by atoms with van der Waals surface area (Å²) in [5.74, 6) is -2.48. The highest BCUT2D eigenvalue weighted by Crippen LogP contribution is 2.45. The third-order valence-corrected chi connectivity index (χ3v) is 4.98. The van der Waals surface area contributed by atoms with Gasteiger partial charge in [-0.25, -0.2) is 0 Å². The van der Waals surface area contributed by atoms with Crippen molar-refractivity contribution in [3.63, 3.8) is 0 Å². The van der Waals surface area contributed by atoms with E-state index < -0.39 is 28.9 Å². The molecule has 1 aliphatic rings. The number of rotatable bonds is 5. The fourth-order valence-electron chi connectivity index (χ4n) is 3.59. The molecule has 2 aromatic rings. The van der Waals surface area contributed by atoms with Crippen LogP contribution < -0.4 is 0 Å². The second kappa shape index (κ2) is 7.54. The maximum absolute atomic E-state index is 13.7. The van der Waals surface area contributed by atoms with Gasteiger partial charge in [-0.15, -0.1) is 0 Å². The highest BCUT2D eigenvalue weighted by atomic mass is 16.5. The van der Waals surface area contributed by atoms with Crippen LogP contribution in [0.2, 0.25) is 0 Å². The van der Waals surface area contributed by atoms with E-state index in [9.17, 15) is 14.4 Å². The molecule has 0 aromatic heterocycles. The summed E-state index contributed by atoms with van der Waals surface area (Å²) < 4.78 is 4.94. The number of benzene rings is 2. The Hall–Kier alpha value is -3.27. The molecule has 0 saturated carbocycles. The highest BCUT2D eigenvalue weighted by Gasteiger charge is 2.56. The number of allylic oxidation sites excluding steroid dienone is 3. The lowest BCUT2D eigenvalue weighted by molar-refractivity contribution is -0.145. The summed E-state index contributed by atoms with van der Waals surface area (Å²) in [4.78, 5) is 39.9. The van der Waals surface area contributed by atoms with Crippen molar-refractivity contribution in [1.29, 1.82) is 0 Å². The van der Waals surface area contributed by atoms with E-state index in [1.165, 1.54) is 7.11 Å². The number of hydrogen-bond donors (Lipinski definition) is 0. The quantitative estimate of drug-likeness (QED) is 0.459. The maximum Gasteiger partial charge on any atom is 0.314 e. The van der Waals surface area contributed by atoms with E-state index in [1.54, 1.807) is 85.8 Å². The number of esters is 1. The van der Waals surface area contributed by atoms with Crippen molar-refractivity contribution in [2.75, 3.05) is 7.11 Å². The molecule has 0 heterocycles. The van der Waals surface area contributed by atoms with Gasteiger partial charge in [-0.2, -0.15) is 0 Å². The number of Topliss-reactive ketones (excluding diaryl/α,β-unsaturated/α-hetero) is 2. The van der Waals surface area contributed by atoms with Gasteiger partial charge < -0.3 is 4.74 Å². The molecule has 4 heteroatoms. The van der Waals surface area contributed by atoms with Crippen LogP contribution in [0.5, 0.6) is 0 Å². The molecule has 27 heavy (non-hydrogen) atoms. The van der Waals surface area contributed by atoms with Crippen molar-refractivity contribution in [2.24, 2.45) is 11.3 Å². The lowest BCUT2D eigenvalue weighted by Gasteiger charge is -2.38. The van der Waals surface area contributed by atoms with Gasteiger partial charge in [0.1, 0.15) is 5.41 Å². The third kappa shape index (κ3) is 3.04. The van der Waals surface area contributed by atoms with Gasteiger partial charge in [0.25, 0.3) is 0 Å². The number of carbonyl (C=O) groups is 3. The van der Waals surface area contributed by atoms with E-state index in [1.807, 2.05) is 0 Å². The topological polar surface area (TPSA) is 60.4 Å². The van der Waals surface area contributed by atoms with Crippen LogP contribution in [0.15, 0.2) is 84.5 Å². The van der Waals surface area contributed by atoms with Crippen LogP contribution in [0, 0.1) is 11.3 Å². The first-order chi connectivity index (χ1) is 13.0. The molecular weight excluding hydrogens is 340 g/mol. The van der Waals surface area contributed by atoms with Gasteiger partial charge in [-0.1, -0.05) is 84.5 Å². The van der Waals surface area contributed by atoms with Crippen LogP contribution in [-0.2, 0) is 9.53 Å². The van der Waals surface area contributed by atoms with E-state index in [0.717, 1.165) is 0 Å². The smallest absolute Gasteiger partial charge is 0.314 e. The van der Waals surface area contributed by atoms with Gasteiger partial charge >= 0.3 is 5.97 Å². The molecular formula is C23H20O4. The fraction of sp³-hybridized carbons (Fsp3) is 0.174. The lowest BCUT2D eigenvalue weighted by atomic mass is 9.60. The number of ether oxygens (including phenoxy) is 1. The Kier molecular flexibility index (Phi) is 5.17. The SMILES string of the molecule is COC(=O)C1C=CC=C(C)C1(C(=O)c1ccccc1)C(=O)c1ccccc1. The zero-order valence-corrected chi connectivity index (χ0v) is 15.2. The molecule has 1 unspecified atom stereocenters. The van der Waals surface area contributed by atoms with Crippen LogP contribution in [0.4, 0.5) is 0 Å². The van der Waals surface area contributed by atoms with Gasteiger partial charge in [0, 0.05) is 11.1 Å². The molecule has 0 radical (unpaired) electrons. The Morgan fingerprint density at radius 2 is 1.33 bits per heavy atom. The molecule has 0 amide bonds. The van der Waals surface area contributed by atoms with Crippen LogP contribution in [-0.4, -0.2) is 24.6 Å². The van der Waals surface area contributed by atoms with Crippen molar-refractivity contribution < 1.29 is 19.1 Å². The third-order valence-electron chi connectivity index (χ3n) is 4.98. The highest BCUT2D eigenvalue weighted by molar-refractivity contribution is 6.24. The number of hydrogen-bond acceptors (Lipinski definition) is 4. The average Bonchev–Trinajstić information content (AvgIpc) is 2.73. The van der Waals surface area contributed by atoms with Gasteiger partial charge in [0.15, 0.2) is 11.6 Å². The van der Waals surface area contributed by atoms with Crippen molar-refractivity contribution >= 4 is 17.5 Å². The zero-order chi connectivity index (χ0) is 19.4. The summed E-state index contributed by atoms with van der Waals surface area (Å²) in [5, 5.41) is 0. The van der Waals surface area contributed by atoms with Crippen LogP contribution >= 0.6 is 0 Å². The van der Waals surface area contributed by atoms with E-state index in [0.29, 0.717) is 16.7 Å². The maximum atomic E-state index is 13.7. The summed E-state index contributed by atoms with van der Waals surface area (Å²) in [7, 11) is 1.26. The Bertz CT molecular complexity index is 872. The second-order valence-corrected chi connectivity index (χ2v) is 6.43. The van der Waals surface area contributed by atoms with E-state index in [4.69, 9.17) is 4.74 Å². The number of carbonyl (C=O) groups excluding carboxylic acids is 3. The summed E-state index contributed by atoms with van der Waals surface area (Å²) >= 11 is 0. The standard InChI is InChI=1S/C23H20O4/c1-16-10-9-15-19(22(26)27-2)23(16,20(24)17-11-5-3-6-12-17)21(25)18-13-7-4-8-14-18/h3-15,19H,1-2H3. The molecule has 0 N–H and O–H groups in total. The molecule has 0 spiro atoms. The minimum absolute atomic E-state index is 0.374. The Labute approximate surface area is 158 Å². The van der Waals surface area contributed by atoms with Crippen LogP contribution in [0.3, 0.4) is 0 Å². The molecule has 0 aliphatic heterocycles. The van der Waals surface area contributed by atoms with Crippen molar-refractivity contribution in [1.82, 2.24) is 0 Å². The summed E-state index contributed by atoms with van der Waals surface area (Å²) in [6, 6.07) is 17.2. The largest absolute Gasteiger partial charge is 0.469 e. The van der Waals surface area contributed by atoms with Crippen molar-refractivity contribution in [3.8, 4) is 0 Å². The number of ketones is 2. The van der Waals surface area contributed by atoms with Gasteiger partial charge in [0.2, 0.25) is 0 Å². The van der Waals surface area contributed by atoms with Crippen molar-refractivity contribution in [3.05, 3.63) is 95.6 Å². The predicted octanol–water partition coefficient (Wildman–Crippen LogP) is 4.04. The van der Waals surface area contributed by atoms with Crippen molar-refractivity contribution in [2.45, 2.75) is 6.92 Å². The monoisotopic (exact) mass is 360 g/mol. The molecule has 2 aromatic carbocycles. The molecule has 1 atom stereocenters. The molecule has 0 saturated heterocycles. The summed E-state index contributed by atoms with van der Waals surface area (Å²) in [6.07, 6.45) is 4.97. The normalized spacial score (nSPS) is 17.7. The molecule has 4 nitrogen and oxygen atoms in total. The molecule has 3 rings (SSSR count). The Morgan fingerprint density at radius 1 is 0.852 bits per heavy atom. The molecule has 1 aliphatic carbocycles. The Balaban J connectivity index is 2.27. The molecule has 0 bridgehead atoms. The second-order valence-electron chi connectivity index (χ2n) is 6.43. The average molecular weight is 360 g/mol. The number of methoxy groups -OCH3 is 1. The first-order valence-corrected chi connectivity index (χ1v) is 8.66. The van der Waals surface area contributed by atoms with E-state index in [2.05, 4.69) is 0 Å². The van der Waals surface area contributed by atoms with Crippen LogP contribution in [0.25, 0.3) is 0 Å². The Morgan fingerprint density at radius 3 is 1.78 bits per heavy atom. The predicted molar refractivity (Wildman–Crippen MR) is 102 cm³/mol. The van der Waals surface area contributed by atoms with Gasteiger partial charge in [-0.3, -0.25) is 14.4 Å². The summed E-state index contributed by atoms with van der Waals surface area (Å²) in [6.45, 7) is 1.71. The molecule has 0 fully saturated rings. The first-order valence-electron chi connectivity index (χ1n) is 8.66. The summed E-state index contributed by atoms with van der Waals surface area (Å²) in [5.41, 5.74) is -0.412. The first kappa shape index (κ1) is 18.5. The zero-order valence-electron chi connectivity index (χ0n) is 15.2. The van der Waals surface area contributed by atoms with Gasteiger partial charge in [0.05, 0.1) is 13.0 Å². The van der Waals surface area contributed by atoms with Gasteiger partial charge in [-0.05, 0) is 6.92 Å².